The molecule has 0 fully saturated rings. The number of hydrogen-bond acceptors (Lipinski definition) is 10. The zero-order chi connectivity index (χ0) is 23.7. The molecule has 1 amide bonds. The SMILES string of the molecule is COC(=O)C1(C)COC(c2coc(-c3coc(C(NC(=O)OC(C)(C)C)C(C)C)n3)n2)=N1. The van der Waals surface area contributed by atoms with Gasteiger partial charge in [-0.15, -0.1) is 0 Å². The fourth-order valence-corrected chi connectivity index (χ4v) is 2.92. The molecule has 0 radical (unpaired) electrons. The number of methoxy groups -OCH3 is 1. The molecule has 3 heterocycles. The van der Waals surface area contributed by atoms with Gasteiger partial charge in [0.2, 0.25) is 17.7 Å². The van der Waals surface area contributed by atoms with Crippen LogP contribution in [0.15, 0.2) is 26.4 Å². The van der Waals surface area contributed by atoms with Crippen LogP contribution in [0.5, 0.6) is 0 Å². The second-order valence-electron chi connectivity index (χ2n) is 8.95. The average molecular weight is 448 g/mol. The van der Waals surface area contributed by atoms with Gasteiger partial charge < -0.3 is 28.4 Å². The fourth-order valence-electron chi connectivity index (χ4n) is 2.92. The van der Waals surface area contributed by atoms with Crippen molar-refractivity contribution < 1.29 is 32.6 Å². The molecule has 1 N–H and O–H groups in total. The van der Waals surface area contributed by atoms with E-state index in [9.17, 15) is 9.59 Å². The van der Waals surface area contributed by atoms with Crippen molar-refractivity contribution in [3.05, 3.63) is 24.1 Å². The lowest BCUT2D eigenvalue weighted by molar-refractivity contribution is -0.146. The smallest absolute Gasteiger partial charge is 0.408 e. The van der Waals surface area contributed by atoms with Crippen LogP contribution in [-0.4, -0.2) is 52.8 Å². The Morgan fingerprint density at radius 1 is 1.16 bits per heavy atom. The molecule has 1 aliphatic heterocycles. The predicted molar refractivity (Wildman–Crippen MR) is 112 cm³/mol. The third-order valence-electron chi connectivity index (χ3n) is 4.53. The maximum atomic E-state index is 12.2. The van der Waals surface area contributed by atoms with Crippen molar-refractivity contribution in [2.75, 3.05) is 13.7 Å². The number of carbonyl (C=O) groups excluding carboxylic acids is 2. The van der Waals surface area contributed by atoms with E-state index in [0.29, 0.717) is 11.4 Å². The standard InChI is InChI=1S/C21H28N4O7/c1-11(2)14(24-19(27)32-20(3,4)5)17-23-12(8-30-17)15-22-13(9-29-15)16-25-21(6,10-31-16)18(26)28-7/h8-9,11,14H,10H2,1-7H3,(H,24,27). The lowest BCUT2D eigenvalue weighted by atomic mass is 10.0. The van der Waals surface area contributed by atoms with Crippen molar-refractivity contribution in [3.8, 4) is 11.6 Å². The number of aromatic nitrogens is 2. The summed E-state index contributed by atoms with van der Waals surface area (Å²) in [5.74, 6) is 0.102. The predicted octanol–water partition coefficient (Wildman–Crippen LogP) is 3.26. The third kappa shape index (κ3) is 5.09. The highest BCUT2D eigenvalue weighted by atomic mass is 16.6. The van der Waals surface area contributed by atoms with Crippen LogP contribution in [0.25, 0.3) is 11.6 Å². The molecule has 0 aliphatic carbocycles. The van der Waals surface area contributed by atoms with Gasteiger partial charge in [-0.1, -0.05) is 13.8 Å². The van der Waals surface area contributed by atoms with Gasteiger partial charge in [-0.3, -0.25) is 0 Å². The van der Waals surface area contributed by atoms with Gasteiger partial charge in [-0.2, -0.15) is 0 Å². The van der Waals surface area contributed by atoms with Crippen LogP contribution in [-0.2, 0) is 19.0 Å². The van der Waals surface area contributed by atoms with E-state index in [1.807, 2.05) is 13.8 Å². The molecule has 0 bridgehead atoms. The molecule has 1 aliphatic rings. The lowest BCUT2D eigenvalue weighted by Crippen LogP contribution is -2.37. The summed E-state index contributed by atoms with van der Waals surface area (Å²) in [6.07, 6.45) is 2.16. The molecular weight excluding hydrogens is 420 g/mol. The van der Waals surface area contributed by atoms with Gasteiger partial charge in [0.15, 0.2) is 16.9 Å². The van der Waals surface area contributed by atoms with Crippen molar-refractivity contribution in [3.63, 3.8) is 0 Å². The highest BCUT2D eigenvalue weighted by Crippen LogP contribution is 2.27. The van der Waals surface area contributed by atoms with Crippen molar-refractivity contribution in [2.24, 2.45) is 10.9 Å². The molecule has 2 unspecified atom stereocenters. The minimum Gasteiger partial charge on any atom is -0.473 e. The summed E-state index contributed by atoms with van der Waals surface area (Å²) in [7, 11) is 1.29. The minimum absolute atomic E-state index is 0.0219. The summed E-state index contributed by atoms with van der Waals surface area (Å²) < 4.78 is 26.7. The van der Waals surface area contributed by atoms with E-state index in [1.54, 1.807) is 27.7 Å². The normalized spacial score (nSPS) is 19.3. The van der Waals surface area contributed by atoms with Gasteiger partial charge in [0, 0.05) is 0 Å². The number of nitrogens with zero attached hydrogens (tertiary/aromatic N) is 3. The zero-order valence-electron chi connectivity index (χ0n) is 19.2. The monoisotopic (exact) mass is 448 g/mol. The Morgan fingerprint density at radius 2 is 1.84 bits per heavy atom. The Hall–Kier alpha value is -3.37. The summed E-state index contributed by atoms with van der Waals surface area (Å²) in [4.78, 5) is 37.1. The molecule has 2 aromatic rings. The minimum atomic E-state index is -1.14. The second-order valence-corrected chi connectivity index (χ2v) is 8.95. The Morgan fingerprint density at radius 3 is 2.47 bits per heavy atom. The van der Waals surface area contributed by atoms with Gasteiger partial charge >= 0.3 is 12.1 Å². The number of rotatable bonds is 6. The number of ether oxygens (including phenoxy) is 3. The number of oxazole rings is 2. The van der Waals surface area contributed by atoms with E-state index in [1.165, 1.54) is 19.6 Å². The first-order valence-corrected chi connectivity index (χ1v) is 10.1. The molecule has 0 spiro atoms. The van der Waals surface area contributed by atoms with Crippen molar-refractivity contribution in [1.82, 2.24) is 15.3 Å². The molecule has 11 heteroatoms. The lowest BCUT2D eigenvalue weighted by Gasteiger charge is -2.24. The average Bonchev–Trinajstić information content (AvgIpc) is 3.43. The first kappa shape index (κ1) is 23.3. The second kappa shape index (κ2) is 8.64. The first-order chi connectivity index (χ1) is 14.9. The van der Waals surface area contributed by atoms with Gasteiger partial charge in [-0.05, 0) is 33.6 Å². The fraction of sp³-hybridized carbons (Fsp3) is 0.571. The molecule has 11 nitrogen and oxygen atoms in total. The van der Waals surface area contributed by atoms with Crippen LogP contribution in [0.1, 0.15) is 59.2 Å². The Labute approximate surface area is 185 Å². The van der Waals surface area contributed by atoms with Crippen LogP contribution in [0, 0.1) is 5.92 Å². The summed E-state index contributed by atoms with van der Waals surface area (Å²) >= 11 is 0. The Bertz CT molecular complexity index is 1020. The van der Waals surface area contributed by atoms with Crippen LogP contribution < -0.4 is 5.32 Å². The maximum Gasteiger partial charge on any atom is 0.408 e. The summed E-state index contributed by atoms with van der Waals surface area (Å²) in [6.45, 7) is 10.8. The first-order valence-electron chi connectivity index (χ1n) is 10.1. The van der Waals surface area contributed by atoms with E-state index in [-0.39, 0.29) is 30.2 Å². The number of carbonyl (C=O) groups is 2. The van der Waals surface area contributed by atoms with Crippen molar-refractivity contribution in [2.45, 2.75) is 58.7 Å². The number of alkyl carbamates (subject to hydrolysis) is 1. The van der Waals surface area contributed by atoms with Crippen LogP contribution >= 0.6 is 0 Å². The number of nitrogens with one attached hydrogen (secondary N) is 1. The van der Waals surface area contributed by atoms with Gasteiger partial charge in [0.05, 0.1) is 7.11 Å². The van der Waals surface area contributed by atoms with Gasteiger partial charge in [0.1, 0.15) is 30.8 Å². The summed E-state index contributed by atoms with van der Waals surface area (Å²) in [5, 5.41) is 2.78. The van der Waals surface area contributed by atoms with E-state index in [2.05, 4.69) is 20.3 Å². The largest absolute Gasteiger partial charge is 0.473 e. The summed E-state index contributed by atoms with van der Waals surface area (Å²) in [5.41, 5.74) is -1.12. The molecule has 0 saturated heterocycles. The molecular formula is C21H28N4O7. The van der Waals surface area contributed by atoms with Crippen LogP contribution in [0.4, 0.5) is 4.79 Å². The summed E-state index contributed by atoms with van der Waals surface area (Å²) in [6, 6.07) is -0.517. The molecule has 32 heavy (non-hydrogen) atoms. The van der Waals surface area contributed by atoms with E-state index < -0.39 is 29.2 Å². The molecule has 3 rings (SSSR count). The Kier molecular flexibility index (Phi) is 6.29. The van der Waals surface area contributed by atoms with E-state index in [4.69, 9.17) is 23.0 Å². The highest BCUT2D eigenvalue weighted by molar-refractivity contribution is 5.97. The quantitative estimate of drug-likeness (QED) is 0.660. The number of amides is 1. The third-order valence-corrected chi connectivity index (χ3v) is 4.53. The van der Waals surface area contributed by atoms with Crippen LogP contribution in [0.2, 0.25) is 0 Å². The molecule has 174 valence electrons. The van der Waals surface area contributed by atoms with Crippen molar-refractivity contribution >= 4 is 18.0 Å². The van der Waals surface area contributed by atoms with E-state index in [0.717, 1.165) is 0 Å². The molecule has 0 saturated carbocycles. The Balaban J connectivity index is 1.77. The van der Waals surface area contributed by atoms with Crippen LogP contribution in [0.3, 0.4) is 0 Å². The van der Waals surface area contributed by atoms with Gasteiger partial charge in [0.25, 0.3) is 0 Å². The molecule has 2 aromatic heterocycles. The van der Waals surface area contributed by atoms with Gasteiger partial charge in [-0.25, -0.2) is 24.5 Å². The number of hydrogen-bond donors (Lipinski definition) is 1. The molecule has 0 aromatic carbocycles. The zero-order valence-corrected chi connectivity index (χ0v) is 19.2. The highest BCUT2D eigenvalue weighted by Gasteiger charge is 2.41. The number of aliphatic imine (C=N–C) groups is 1. The number of esters is 1. The molecule has 2 atom stereocenters. The maximum absolute atomic E-state index is 12.2. The van der Waals surface area contributed by atoms with E-state index >= 15 is 0 Å². The van der Waals surface area contributed by atoms with Crippen molar-refractivity contribution in [1.29, 1.82) is 0 Å². The topological polar surface area (TPSA) is 138 Å².